The third-order valence-corrected chi connectivity index (χ3v) is 3.41. The molecule has 1 aromatic heterocycles. The molecule has 1 aromatic rings. The molecule has 1 atom stereocenters. The molecule has 118 valence electrons. The molecule has 0 radical (unpaired) electrons. The Hall–Kier alpha value is -1.89. The first-order valence-electron chi connectivity index (χ1n) is 7.29. The Morgan fingerprint density at radius 3 is 2.52 bits per heavy atom. The van der Waals surface area contributed by atoms with Crippen LogP contribution in [-0.2, 0) is 0 Å². The number of hydrogen-bond donors (Lipinski definition) is 3. The maximum atomic E-state index is 11.5. The van der Waals surface area contributed by atoms with Crippen LogP contribution >= 0.6 is 0 Å². The van der Waals surface area contributed by atoms with Gasteiger partial charge in [-0.05, 0) is 39.4 Å². The van der Waals surface area contributed by atoms with Crippen molar-refractivity contribution in [1.82, 2.24) is 14.9 Å². The first-order chi connectivity index (χ1) is 9.97. The van der Waals surface area contributed by atoms with Gasteiger partial charge in [0.25, 0.3) is 5.56 Å². The van der Waals surface area contributed by atoms with E-state index < -0.39 is 17.1 Å². The summed E-state index contributed by atoms with van der Waals surface area (Å²) < 4.78 is 0. The van der Waals surface area contributed by atoms with Crippen molar-refractivity contribution >= 4 is 6.21 Å². The van der Waals surface area contributed by atoms with E-state index in [2.05, 4.69) is 33.7 Å². The van der Waals surface area contributed by atoms with E-state index in [0.717, 1.165) is 32.5 Å². The third-order valence-electron chi connectivity index (χ3n) is 3.41. The van der Waals surface area contributed by atoms with Crippen LogP contribution < -0.4 is 11.2 Å². The monoisotopic (exact) mass is 296 g/mol. The molecule has 0 saturated heterocycles. The third kappa shape index (κ3) is 5.55. The van der Waals surface area contributed by atoms with Crippen LogP contribution in [0.3, 0.4) is 0 Å². The molecule has 0 amide bonds. The van der Waals surface area contributed by atoms with Crippen molar-refractivity contribution in [2.45, 2.75) is 39.7 Å². The average Bonchev–Trinajstić information content (AvgIpc) is 2.42. The lowest BCUT2D eigenvalue weighted by Crippen LogP contribution is -2.25. The lowest BCUT2D eigenvalue weighted by Gasteiger charge is -2.18. The summed E-state index contributed by atoms with van der Waals surface area (Å²) in [6.07, 6.45) is 3.23. The molecule has 3 N–H and O–H groups in total. The number of aromatic nitrogens is 2. The predicted octanol–water partition coefficient (Wildman–Crippen LogP) is 0.698. The van der Waals surface area contributed by atoms with E-state index in [-0.39, 0.29) is 11.6 Å². The Bertz CT molecular complexity index is 572. The Morgan fingerprint density at radius 2 is 1.95 bits per heavy atom. The highest BCUT2D eigenvalue weighted by atomic mass is 16.3. The number of aromatic hydroxyl groups is 1. The van der Waals surface area contributed by atoms with E-state index in [1.807, 2.05) is 6.92 Å². The number of aromatic amines is 2. The molecule has 0 aliphatic heterocycles. The smallest absolute Gasteiger partial charge is 0.328 e. The van der Waals surface area contributed by atoms with Gasteiger partial charge in [-0.2, -0.15) is 0 Å². The Balaban J connectivity index is 2.57. The highest BCUT2D eigenvalue weighted by Crippen LogP contribution is 2.05. The molecule has 0 unspecified atom stereocenters. The molecule has 0 aliphatic rings. The van der Waals surface area contributed by atoms with Gasteiger partial charge < -0.3 is 10.0 Å². The quantitative estimate of drug-likeness (QED) is 0.614. The Labute approximate surface area is 123 Å². The normalized spacial score (nSPS) is 13.1. The van der Waals surface area contributed by atoms with Gasteiger partial charge in [-0.3, -0.25) is 19.8 Å². The lowest BCUT2D eigenvalue weighted by molar-refractivity contribution is 0.294. The van der Waals surface area contributed by atoms with E-state index in [1.54, 1.807) is 0 Å². The van der Waals surface area contributed by atoms with Gasteiger partial charge in [0.15, 0.2) is 0 Å². The maximum Gasteiger partial charge on any atom is 0.328 e. The molecule has 1 heterocycles. The van der Waals surface area contributed by atoms with E-state index >= 15 is 0 Å². The zero-order valence-corrected chi connectivity index (χ0v) is 12.8. The van der Waals surface area contributed by atoms with Crippen LogP contribution in [0.15, 0.2) is 14.6 Å². The van der Waals surface area contributed by atoms with Gasteiger partial charge >= 0.3 is 5.69 Å². The van der Waals surface area contributed by atoms with E-state index in [4.69, 9.17) is 0 Å². The topological polar surface area (TPSA) is 102 Å². The predicted molar refractivity (Wildman–Crippen MR) is 83.4 cm³/mol. The minimum atomic E-state index is -0.734. The maximum absolute atomic E-state index is 11.5. The minimum Gasteiger partial charge on any atom is -0.494 e. The lowest BCUT2D eigenvalue weighted by atomic mass is 10.2. The number of hydrogen-bond acceptors (Lipinski definition) is 5. The number of nitrogens with one attached hydrogen (secondary N) is 2. The molecule has 0 aromatic carbocycles. The molecule has 0 bridgehead atoms. The van der Waals surface area contributed by atoms with Crippen LogP contribution in [0, 0.1) is 0 Å². The van der Waals surface area contributed by atoms with Gasteiger partial charge in [0.2, 0.25) is 5.88 Å². The van der Waals surface area contributed by atoms with Gasteiger partial charge in [0.1, 0.15) is 5.56 Å². The zero-order valence-electron chi connectivity index (χ0n) is 12.8. The molecule has 21 heavy (non-hydrogen) atoms. The van der Waals surface area contributed by atoms with Gasteiger partial charge in [0, 0.05) is 12.3 Å². The van der Waals surface area contributed by atoms with Crippen molar-refractivity contribution in [1.29, 1.82) is 0 Å². The van der Waals surface area contributed by atoms with Crippen molar-refractivity contribution < 1.29 is 5.11 Å². The number of nitrogens with zero attached hydrogens (tertiary/aromatic N) is 2. The first kappa shape index (κ1) is 17.2. The fourth-order valence-electron chi connectivity index (χ4n) is 2.03. The Kier molecular flexibility index (Phi) is 6.87. The largest absolute Gasteiger partial charge is 0.494 e. The van der Waals surface area contributed by atoms with E-state index in [1.165, 1.54) is 6.21 Å². The average molecular weight is 296 g/mol. The van der Waals surface area contributed by atoms with E-state index in [9.17, 15) is 14.7 Å². The molecule has 0 saturated carbocycles. The van der Waals surface area contributed by atoms with E-state index in [0.29, 0.717) is 0 Å². The second-order valence-corrected chi connectivity index (χ2v) is 4.97. The summed E-state index contributed by atoms with van der Waals surface area (Å²) >= 11 is 0. The fourth-order valence-corrected chi connectivity index (χ4v) is 2.03. The zero-order chi connectivity index (χ0) is 15.8. The summed E-state index contributed by atoms with van der Waals surface area (Å²) in [6, 6.07) is 0.0475. The molecular weight excluding hydrogens is 272 g/mol. The summed E-state index contributed by atoms with van der Waals surface area (Å²) in [5, 5.41) is 9.52. The van der Waals surface area contributed by atoms with Crippen LogP contribution in [0.4, 0.5) is 0 Å². The number of aliphatic imine (C=N–C) groups is 1. The number of H-pyrrole nitrogens is 2. The van der Waals surface area contributed by atoms with Crippen LogP contribution in [-0.4, -0.2) is 51.9 Å². The second-order valence-electron chi connectivity index (χ2n) is 4.97. The summed E-state index contributed by atoms with van der Waals surface area (Å²) in [5.74, 6) is -0.456. The molecule has 7 nitrogen and oxygen atoms in total. The molecular formula is C14H24N4O3. The van der Waals surface area contributed by atoms with Gasteiger partial charge in [-0.25, -0.2) is 4.79 Å². The van der Waals surface area contributed by atoms with Gasteiger partial charge in [-0.15, -0.1) is 0 Å². The van der Waals surface area contributed by atoms with Crippen molar-refractivity contribution in [2.75, 3.05) is 19.6 Å². The number of rotatable bonds is 8. The standard InChI is InChI=1S/C14H24N4O3/c1-4-18(5-2)8-6-7-10(3)15-9-11-12(19)16-14(21)17-13(11)20/h9-10H,4-8H2,1-3H3,(H3,16,17,19,20,21)/t10-/m1/s1. The van der Waals surface area contributed by atoms with Crippen LogP contribution in [0.25, 0.3) is 0 Å². The van der Waals surface area contributed by atoms with Gasteiger partial charge in [-0.1, -0.05) is 13.8 Å². The molecule has 0 aliphatic carbocycles. The summed E-state index contributed by atoms with van der Waals surface area (Å²) in [7, 11) is 0. The Morgan fingerprint density at radius 1 is 1.29 bits per heavy atom. The summed E-state index contributed by atoms with van der Waals surface area (Å²) in [6.45, 7) is 9.32. The van der Waals surface area contributed by atoms with Crippen LogP contribution in [0.1, 0.15) is 39.2 Å². The highest BCUT2D eigenvalue weighted by Gasteiger charge is 2.07. The van der Waals surface area contributed by atoms with Crippen molar-refractivity contribution in [3.8, 4) is 5.88 Å². The second kappa shape index (κ2) is 8.41. The summed E-state index contributed by atoms with van der Waals surface area (Å²) in [5.41, 5.74) is -1.40. The first-order valence-corrected chi connectivity index (χ1v) is 7.29. The fraction of sp³-hybridized carbons (Fsp3) is 0.643. The molecule has 1 rings (SSSR count). The van der Waals surface area contributed by atoms with Crippen molar-refractivity contribution in [3.05, 3.63) is 26.4 Å². The molecule has 0 spiro atoms. The minimum absolute atomic E-state index is 0.0230. The van der Waals surface area contributed by atoms with Crippen LogP contribution in [0.5, 0.6) is 5.88 Å². The molecule has 7 heteroatoms. The highest BCUT2D eigenvalue weighted by molar-refractivity contribution is 5.81. The van der Waals surface area contributed by atoms with Gasteiger partial charge in [0.05, 0.1) is 0 Å². The van der Waals surface area contributed by atoms with Crippen molar-refractivity contribution in [3.63, 3.8) is 0 Å². The van der Waals surface area contributed by atoms with Crippen LogP contribution in [0.2, 0.25) is 0 Å². The SMILES string of the molecule is CCN(CC)CCC[C@@H](C)N=Cc1c(O)[nH]c(=O)[nH]c1=O. The van der Waals surface area contributed by atoms with Crippen molar-refractivity contribution in [2.24, 2.45) is 4.99 Å². The molecule has 0 fully saturated rings. The summed E-state index contributed by atoms with van der Waals surface area (Å²) in [4.78, 5) is 33.2.